The van der Waals surface area contributed by atoms with Gasteiger partial charge in [-0.2, -0.15) is 0 Å². The molecule has 0 atom stereocenters. The molecule has 0 spiro atoms. The average molecular weight is 780 g/mol. The lowest BCUT2D eigenvalue weighted by molar-refractivity contribution is 0.669. The van der Waals surface area contributed by atoms with Crippen LogP contribution in [0.15, 0.2) is 229 Å². The highest BCUT2D eigenvalue weighted by atomic mass is 16.3. The second-order valence-corrected chi connectivity index (χ2v) is 15.2. The molecule has 9 aromatic carbocycles. The van der Waals surface area contributed by atoms with E-state index < -0.39 is 0 Å². The summed E-state index contributed by atoms with van der Waals surface area (Å²) in [5.74, 6) is 1.77. The van der Waals surface area contributed by atoms with E-state index >= 15 is 0 Å². The van der Waals surface area contributed by atoms with Gasteiger partial charge in [0.1, 0.15) is 11.2 Å². The Morgan fingerprint density at radius 3 is 1.13 bits per heavy atom. The van der Waals surface area contributed by atoms with E-state index in [9.17, 15) is 0 Å². The van der Waals surface area contributed by atoms with Gasteiger partial charge in [-0.05, 0) is 98.1 Å². The average Bonchev–Trinajstić information content (AvgIpc) is 3.73. The second kappa shape index (κ2) is 15.5. The highest BCUT2D eigenvalue weighted by Crippen LogP contribution is 2.42. The Kier molecular flexibility index (Phi) is 9.14. The summed E-state index contributed by atoms with van der Waals surface area (Å²) in [7, 11) is 0. The number of benzene rings is 9. The zero-order valence-corrected chi connectivity index (χ0v) is 33.1. The van der Waals surface area contributed by atoms with Gasteiger partial charge in [0, 0.05) is 27.5 Å². The zero-order chi connectivity index (χ0) is 40.5. The second-order valence-electron chi connectivity index (χ2n) is 15.2. The third kappa shape index (κ3) is 7.07. The first-order valence-electron chi connectivity index (χ1n) is 20.5. The molecule has 286 valence electrons. The Bertz CT molecular complexity index is 3250. The lowest BCUT2D eigenvalue weighted by atomic mass is 9.93. The quantitative estimate of drug-likeness (QED) is 0.154. The molecular formula is C57H37N3O. The normalized spacial score (nSPS) is 11.3. The fourth-order valence-corrected chi connectivity index (χ4v) is 8.24. The van der Waals surface area contributed by atoms with E-state index in [-0.39, 0.29) is 0 Å². The zero-order valence-electron chi connectivity index (χ0n) is 33.1. The van der Waals surface area contributed by atoms with E-state index in [1.165, 1.54) is 11.1 Å². The number of hydrogen-bond donors (Lipinski definition) is 0. The van der Waals surface area contributed by atoms with Crippen molar-refractivity contribution in [3.05, 3.63) is 224 Å². The minimum atomic E-state index is 0.569. The van der Waals surface area contributed by atoms with Crippen molar-refractivity contribution < 1.29 is 4.42 Å². The Hall–Kier alpha value is -8.21. The summed E-state index contributed by atoms with van der Waals surface area (Å²) < 4.78 is 6.82. The van der Waals surface area contributed by atoms with Crippen LogP contribution in [0, 0.1) is 0 Å². The Labute approximate surface area is 354 Å². The molecule has 2 heterocycles. The van der Waals surface area contributed by atoms with Gasteiger partial charge < -0.3 is 4.42 Å². The monoisotopic (exact) mass is 779 g/mol. The third-order valence-electron chi connectivity index (χ3n) is 11.3. The number of rotatable bonds is 8. The van der Waals surface area contributed by atoms with Crippen molar-refractivity contribution in [3.8, 4) is 89.8 Å². The summed E-state index contributed by atoms with van der Waals surface area (Å²) in [4.78, 5) is 15.5. The number of nitrogens with zero attached hydrogens (tertiary/aromatic N) is 3. The lowest BCUT2D eigenvalue weighted by Crippen LogP contribution is -2.00. The molecule has 0 aliphatic carbocycles. The molecule has 11 rings (SSSR count). The number of hydrogen-bond acceptors (Lipinski definition) is 4. The lowest BCUT2D eigenvalue weighted by Gasteiger charge is -2.12. The van der Waals surface area contributed by atoms with Gasteiger partial charge in [-0.25, -0.2) is 15.0 Å². The van der Waals surface area contributed by atoms with Crippen LogP contribution in [-0.2, 0) is 0 Å². The maximum absolute atomic E-state index is 6.82. The van der Waals surface area contributed by atoms with Crippen LogP contribution >= 0.6 is 0 Å². The summed E-state index contributed by atoms with van der Waals surface area (Å²) >= 11 is 0. The van der Waals surface area contributed by atoms with Gasteiger partial charge in [-0.15, -0.1) is 0 Å². The minimum Gasteiger partial charge on any atom is -0.456 e. The van der Waals surface area contributed by atoms with Crippen LogP contribution in [0.5, 0.6) is 0 Å². The fraction of sp³-hybridized carbons (Fsp3) is 0. The Morgan fingerprint density at radius 2 is 0.607 bits per heavy atom. The first-order valence-corrected chi connectivity index (χ1v) is 20.5. The summed E-state index contributed by atoms with van der Waals surface area (Å²) in [6, 6.07) is 78.2. The highest BCUT2D eigenvalue weighted by Gasteiger charge is 2.19. The van der Waals surface area contributed by atoms with E-state index in [1.54, 1.807) is 0 Å². The largest absolute Gasteiger partial charge is 0.456 e. The molecule has 61 heavy (non-hydrogen) atoms. The van der Waals surface area contributed by atoms with Crippen LogP contribution in [0.25, 0.3) is 112 Å². The summed E-state index contributed by atoms with van der Waals surface area (Å²) in [5.41, 5.74) is 15.5. The molecule has 0 aliphatic heterocycles. The summed E-state index contributed by atoms with van der Waals surface area (Å²) in [5, 5.41) is 2.10. The molecule has 0 bridgehead atoms. The first-order chi connectivity index (χ1) is 30.2. The van der Waals surface area contributed by atoms with Crippen LogP contribution in [-0.4, -0.2) is 15.0 Å². The van der Waals surface area contributed by atoms with Gasteiger partial charge in [-0.3, -0.25) is 0 Å². The smallest absolute Gasteiger partial charge is 0.164 e. The van der Waals surface area contributed by atoms with Crippen LogP contribution < -0.4 is 0 Å². The number of aromatic nitrogens is 3. The molecule has 0 amide bonds. The molecule has 0 N–H and O–H groups in total. The maximum atomic E-state index is 6.82. The van der Waals surface area contributed by atoms with Crippen molar-refractivity contribution in [2.45, 2.75) is 0 Å². The SMILES string of the molecule is c1ccc(-c2ccc(-c3cc(-c4ccccc4)cc4oc5cc(-c6nc(-c7ccccc7)nc(-c7cc(-c8ccccc8)cc(-c8ccccc8)c7)n6)ccc5c34)cc2)cc1. The molecule has 0 saturated heterocycles. The summed E-state index contributed by atoms with van der Waals surface area (Å²) in [6.45, 7) is 0. The van der Waals surface area contributed by atoms with Gasteiger partial charge in [-0.1, -0.05) is 182 Å². The predicted molar refractivity (Wildman–Crippen MR) is 251 cm³/mol. The van der Waals surface area contributed by atoms with Gasteiger partial charge in [0.05, 0.1) is 0 Å². The number of furan rings is 1. The molecule has 11 aromatic rings. The van der Waals surface area contributed by atoms with E-state index in [0.29, 0.717) is 17.5 Å². The topological polar surface area (TPSA) is 51.8 Å². The van der Waals surface area contributed by atoms with Crippen molar-refractivity contribution in [1.29, 1.82) is 0 Å². The van der Waals surface area contributed by atoms with Gasteiger partial charge in [0.25, 0.3) is 0 Å². The first kappa shape index (κ1) is 35.9. The molecule has 4 heteroatoms. The highest BCUT2D eigenvalue weighted by molar-refractivity contribution is 6.14. The minimum absolute atomic E-state index is 0.569. The van der Waals surface area contributed by atoms with E-state index in [2.05, 4.69) is 170 Å². The Balaban J connectivity index is 1.08. The maximum Gasteiger partial charge on any atom is 0.164 e. The van der Waals surface area contributed by atoms with Crippen LogP contribution in [0.2, 0.25) is 0 Å². The van der Waals surface area contributed by atoms with Crippen molar-refractivity contribution in [2.75, 3.05) is 0 Å². The molecule has 0 aliphatic rings. The van der Waals surface area contributed by atoms with E-state index in [4.69, 9.17) is 19.4 Å². The van der Waals surface area contributed by atoms with Crippen molar-refractivity contribution in [2.24, 2.45) is 0 Å². The molecule has 0 fully saturated rings. The van der Waals surface area contributed by atoms with Crippen molar-refractivity contribution in [1.82, 2.24) is 15.0 Å². The standard InChI is InChI=1S/C57H37N3O/c1-6-16-38(17-7-1)42-26-28-43(29-27-42)51-35-48(41-22-12-4-13-23-41)37-53-54(51)50-31-30-45(36-52(50)61-53)56-58-55(44-24-14-5-15-25-44)59-57(60-56)49-33-46(39-18-8-2-9-19-39)32-47(34-49)40-20-10-3-11-21-40/h1-37H. The molecule has 0 unspecified atom stereocenters. The van der Waals surface area contributed by atoms with E-state index in [1.807, 2.05) is 54.6 Å². The third-order valence-corrected chi connectivity index (χ3v) is 11.3. The van der Waals surface area contributed by atoms with Gasteiger partial charge in [0.15, 0.2) is 17.5 Å². The van der Waals surface area contributed by atoms with Crippen molar-refractivity contribution >= 4 is 21.9 Å². The molecule has 2 aromatic heterocycles. The van der Waals surface area contributed by atoms with Gasteiger partial charge in [0.2, 0.25) is 0 Å². The van der Waals surface area contributed by atoms with Crippen LogP contribution in [0.1, 0.15) is 0 Å². The van der Waals surface area contributed by atoms with E-state index in [0.717, 1.165) is 83.1 Å². The van der Waals surface area contributed by atoms with Crippen LogP contribution in [0.3, 0.4) is 0 Å². The van der Waals surface area contributed by atoms with Gasteiger partial charge >= 0.3 is 0 Å². The molecule has 4 nitrogen and oxygen atoms in total. The Morgan fingerprint density at radius 1 is 0.246 bits per heavy atom. The van der Waals surface area contributed by atoms with Crippen LogP contribution in [0.4, 0.5) is 0 Å². The molecule has 0 saturated carbocycles. The van der Waals surface area contributed by atoms with Crippen molar-refractivity contribution in [3.63, 3.8) is 0 Å². The molecular weight excluding hydrogens is 743 g/mol. The fourth-order valence-electron chi connectivity index (χ4n) is 8.24. The number of fused-ring (bicyclic) bond motifs is 3. The molecule has 0 radical (unpaired) electrons. The summed E-state index contributed by atoms with van der Waals surface area (Å²) in [6.07, 6.45) is 0. The predicted octanol–water partition coefficient (Wildman–Crippen LogP) is 15.1.